The summed E-state index contributed by atoms with van der Waals surface area (Å²) < 4.78 is 0. The van der Waals surface area contributed by atoms with Crippen molar-refractivity contribution in [3.05, 3.63) is 106 Å². The molecule has 3 heteroatoms. The van der Waals surface area contributed by atoms with Crippen LogP contribution in [-0.2, 0) is 25.2 Å². The highest BCUT2D eigenvalue weighted by Crippen LogP contribution is 2.41. The van der Waals surface area contributed by atoms with E-state index in [0.717, 1.165) is 17.5 Å². The molecule has 3 rings (SSSR count). The topological polar surface area (TPSA) is 60.7 Å². The Morgan fingerprint density at radius 3 is 1.35 bits per heavy atom. The second-order valence-electron chi connectivity index (χ2n) is 6.35. The summed E-state index contributed by atoms with van der Waals surface area (Å²) in [6, 6.07) is 22.5. The van der Waals surface area contributed by atoms with E-state index in [4.69, 9.17) is 0 Å². The van der Waals surface area contributed by atoms with Crippen molar-refractivity contribution < 1.29 is 15.3 Å². The Morgan fingerprint density at radius 1 is 0.615 bits per heavy atom. The van der Waals surface area contributed by atoms with Crippen molar-refractivity contribution in [1.29, 1.82) is 0 Å². The van der Waals surface area contributed by atoms with Crippen LogP contribution >= 0.6 is 0 Å². The fraction of sp³-hybridized carbons (Fsp3) is 0.217. The molecule has 0 radical (unpaired) electrons. The minimum Gasteiger partial charge on any atom is -0.392 e. The zero-order chi connectivity index (χ0) is 18.6. The lowest BCUT2D eigenvalue weighted by molar-refractivity contribution is 0.118. The summed E-state index contributed by atoms with van der Waals surface area (Å²) in [6.07, 6.45) is 0.765. The number of aryl methyl sites for hydroxylation is 1. The van der Waals surface area contributed by atoms with Gasteiger partial charge in [0, 0.05) is 0 Å². The first-order valence-corrected chi connectivity index (χ1v) is 8.86. The van der Waals surface area contributed by atoms with E-state index < -0.39 is 5.60 Å². The molecule has 0 aliphatic rings. The lowest BCUT2D eigenvalue weighted by Crippen LogP contribution is -2.32. The lowest BCUT2D eigenvalue weighted by atomic mass is 9.75. The molecular weight excluding hydrogens is 324 g/mol. The minimum atomic E-state index is -1.47. The molecular formula is C23H24O3. The summed E-state index contributed by atoms with van der Waals surface area (Å²) >= 11 is 0. The van der Waals surface area contributed by atoms with Gasteiger partial charge >= 0.3 is 0 Å². The van der Waals surface area contributed by atoms with Crippen LogP contribution in [0.3, 0.4) is 0 Å². The third-order valence-corrected chi connectivity index (χ3v) is 4.94. The predicted octanol–water partition coefficient (Wildman–Crippen LogP) is 3.52. The average Bonchev–Trinajstić information content (AvgIpc) is 2.73. The summed E-state index contributed by atoms with van der Waals surface area (Å²) in [4.78, 5) is 0. The van der Waals surface area contributed by atoms with Crippen molar-refractivity contribution in [3.8, 4) is 0 Å². The quantitative estimate of drug-likeness (QED) is 0.597. The fourth-order valence-electron chi connectivity index (χ4n) is 3.64. The van der Waals surface area contributed by atoms with Crippen molar-refractivity contribution in [3.63, 3.8) is 0 Å². The summed E-state index contributed by atoms with van der Waals surface area (Å²) in [5.41, 5.74) is 2.90. The van der Waals surface area contributed by atoms with E-state index in [0.29, 0.717) is 22.3 Å². The van der Waals surface area contributed by atoms with Crippen LogP contribution in [0, 0.1) is 0 Å². The van der Waals surface area contributed by atoms with Gasteiger partial charge in [-0.15, -0.1) is 0 Å². The molecule has 0 aliphatic carbocycles. The Morgan fingerprint density at radius 2 is 0.962 bits per heavy atom. The molecule has 3 aromatic carbocycles. The molecule has 0 atom stereocenters. The van der Waals surface area contributed by atoms with E-state index in [-0.39, 0.29) is 13.2 Å². The lowest BCUT2D eigenvalue weighted by Gasteiger charge is -2.34. The van der Waals surface area contributed by atoms with Gasteiger partial charge in [-0.1, -0.05) is 79.7 Å². The Balaban J connectivity index is 2.40. The first kappa shape index (κ1) is 18.3. The van der Waals surface area contributed by atoms with E-state index in [2.05, 4.69) is 6.92 Å². The SMILES string of the molecule is CCc1ccccc1C(O)(c1ccccc1CO)c1ccccc1CO. The first-order chi connectivity index (χ1) is 12.7. The number of aliphatic hydroxyl groups excluding tert-OH is 2. The van der Waals surface area contributed by atoms with Gasteiger partial charge in [-0.2, -0.15) is 0 Å². The highest BCUT2D eigenvalue weighted by Gasteiger charge is 2.38. The Bertz CT molecular complexity index is 770. The van der Waals surface area contributed by atoms with Crippen molar-refractivity contribution in [2.24, 2.45) is 0 Å². The van der Waals surface area contributed by atoms with E-state index >= 15 is 0 Å². The minimum absolute atomic E-state index is 0.173. The zero-order valence-electron chi connectivity index (χ0n) is 14.9. The summed E-state index contributed by atoms with van der Waals surface area (Å²) in [5, 5.41) is 31.9. The number of rotatable bonds is 6. The molecule has 0 saturated heterocycles. The third kappa shape index (κ3) is 3.06. The van der Waals surface area contributed by atoms with E-state index in [1.165, 1.54) is 0 Å². The van der Waals surface area contributed by atoms with E-state index in [1.807, 2.05) is 72.8 Å². The maximum Gasteiger partial charge on any atom is 0.141 e. The first-order valence-electron chi connectivity index (χ1n) is 8.86. The molecule has 26 heavy (non-hydrogen) atoms. The Labute approximate surface area is 154 Å². The average molecular weight is 348 g/mol. The Hall–Kier alpha value is -2.46. The normalized spacial score (nSPS) is 11.5. The van der Waals surface area contributed by atoms with E-state index in [1.54, 1.807) is 0 Å². The van der Waals surface area contributed by atoms with Gasteiger partial charge in [0.15, 0.2) is 0 Å². The molecule has 0 fully saturated rings. The molecule has 0 aliphatic heterocycles. The zero-order valence-corrected chi connectivity index (χ0v) is 14.9. The maximum atomic E-state index is 12.1. The van der Waals surface area contributed by atoms with Crippen molar-refractivity contribution >= 4 is 0 Å². The second kappa shape index (κ2) is 7.83. The number of hydrogen-bond acceptors (Lipinski definition) is 3. The van der Waals surface area contributed by atoms with Gasteiger partial charge in [0.1, 0.15) is 5.60 Å². The molecule has 3 aromatic rings. The molecule has 0 spiro atoms. The molecule has 0 bridgehead atoms. The second-order valence-corrected chi connectivity index (χ2v) is 6.35. The van der Waals surface area contributed by atoms with Gasteiger partial charge < -0.3 is 15.3 Å². The largest absolute Gasteiger partial charge is 0.392 e. The number of benzene rings is 3. The van der Waals surface area contributed by atoms with Crippen LogP contribution in [0.15, 0.2) is 72.8 Å². The van der Waals surface area contributed by atoms with Gasteiger partial charge in [-0.3, -0.25) is 0 Å². The van der Waals surface area contributed by atoms with Crippen LogP contribution < -0.4 is 0 Å². The smallest absolute Gasteiger partial charge is 0.141 e. The molecule has 0 aromatic heterocycles. The predicted molar refractivity (Wildman–Crippen MR) is 103 cm³/mol. The maximum absolute atomic E-state index is 12.1. The van der Waals surface area contributed by atoms with Crippen LogP contribution in [0.4, 0.5) is 0 Å². The fourth-order valence-corrected chi connectivity index (χ4v) is 3.64. The molecule has 0 amide bonds. The van der Waals surface area contributed by atoms with Crippen molar-refractivity contribution in [2.75, 3.05) is 0 Å². The van der Waals surface area contributed by atoms with Crippen LogP contribution in [0.25, 0.3) is 0 Å². The van der Waals surface area contributed by atoms with E-state index in [9.17, 15) is 15.3 Å². The highest BCUT2D eigenvalue weighted by atomic mass is 16.3. The molecule has 0 unspecified atom stereocenters. The van der Waals surface area contributed by atoms with Crippen LogP contribution in [0.2, 0.25) is 0 Å². The highest BCUT2D eigenvalue weighted by molar-refractivity contribution is 5.54. The summed E-state index contributed by atoms with van der Waals surface area (Å²) in [6.45, 7) is 1.71. The molecule has 0 saturated carbocycles. The van der Waals surface area contributed by atoms with Gasteiger partial charge in [-0.05, 0) is 39.8 Å². The summed E-state index contributed by atoms with van der Waals surface area (Å²) in [7, 11) is 0. The third-order valence-electron chi connectivity index (χ3n) is 4.94. The monoisotopic (exact) mass is 348 g/mol. The molecule has 3 N–H and O–H groups in total. The molecule has 134 valence electrons. The Kier molecular flexibility index (Phi) is 5.52. The van der Waals surface area contributed by atoms with Crippen LogP contribution in [-0.4, -0.2) is 15.3 Å². The van der Waals surface area contributed by atoms with Crippen LogP contribution in [0.5, 0.6) is 0 Å². The van der Waals surface area contributed by atoms with Crippen LogP contribution in [0.1, 0.15) is 40.3 Å². The molecule has 0 heterocycles. The number of hydrogen-bond donors (Lipinski definition) is 3. The number of aliphatic hydroxyl groups is 3. The molecule has 3 nitrogen and oxygen atoms in total. The summed E-state index contributed by atoms with van der Waals surface area (Å²) in [5.74, 6) is 0. The van der Waals surface area contributed by atoms with Gasteiger partial charge in [0.05, 0.1) is 13.2 Å². The van der Waals surface area contributed by atoms with Gasteiger partial charge in [-0.25, -0.2) is 0 Å². The van der Waals surface area contributed by atoms with Gasteiger partial charge in [0.25, 0.3) is 0 Å². The van der Waals surface area contributed by atoms with Crippen molar-refractivity contribution in [1.82, 2.24) is 0 Å². The van der Waals surface area contributed by atoms with Gasteiger partial charge in [0.2, 0.25) is 0 Å². The van der Waals surface area contributed by atoms with Crippen molar-refractivity contribution in [2.45, 2.75) is 32.2 Å². The standard InChI is InChI=1S/C23H24O3/c1-2-17-9-3-6-12-20(17)23(26,21-13-7-4-10-18(21)15-24)22-14-8-5-11-19(22)16-25/h3-14,24-26H,2,15-16H2,1H3.